The molecule has 0 bridgehead atoms. The largest absolute Gasteiger partial charge is 0.352 e. The number of nitrogens with one attached hydrogen (secondary N) is 2. The second-order valence-electron chi connectivity index (χ2n) is 5.55. The molecule has 0 atom stereocenters. The molecule has 0 aliphatic carbocycles. The maximum absolute atomic E-state index is 13.7. The van der Waals surface area contributed by atoms with Gasteiger partial charge in [0.15, 0.2) is 17.5 Å². The highest BCUT2D eigenvalue weighted by Gasteiger charge is 2.14. The lowest BCUT2D eigenvalue weighted by Gasteiger charge is -2.09. The average molecular weight is 392 g/mol. The minimum atomic E-state index is -1.57. The van der Waals surface area contributed by atoms with Crippen molar-refractivity contribution >= 4 is 28.9 Å². The molecule has 0 saturated carbocycles. The zero-order valence-corrected chi connectivity index (χ0v) is 14.5. The molecule has 4 nitrogen and oxygen atoms in total. The van der Waals surface area contributed by atoms with Gasteiger partial charge < -0.3 is 10.6 Å². The van der Waals surface area contributed by atoms with Crippen LogP contribution in [0.3, 0.4) is 0 Å². The average Bonchev–Trinajstić information content (AvgIpc) is 2.68. The number of aromatic nitrogens is 1. The molecule has 8 heteroatoms. The first-order chi connectivity index (χ1) is 13.0. The predicted molar refractivity (Wildman–Crippen MR) is 96.5 cm³/mol. The number of benzene rings is 2. The fourth-order valence-electron chi connectivity index (χ4n) is 2.29. The van der Waals surface area contributed by atoms with Gasteiger partial charge in [0.05, 0.1) is 17.6 Å². The first-order valence-corrected chi connectivity index (χ1v) is 8.21. The summed E-state index contributed by atoms with van der Waals surface area (Å²) in [6, 6.07) is 11.9. The summed E-state index contributed by atoms with van der Waals surface area (Å²) in [5.74, 6) is -4.60. The van der Waals surface area contributed by atoms with E-state index in [0.717, 1.165) is 17.7 Å². The van der Waals surface area contributed by atoms with Crippen molar-refractivity contribution in [3.8, 4) is 0 Å². The highest BCUT2D eigenvalue weighted by Crippen LogP contribution is 2.23. The summed E-state index contributed by atoms with van der Waals surface area (Å²) in [5.41, 5.74) is 0.965. The van der Waals surface area contributed by atoms with Gasteiger partial charge in [-0.05, 0) is 35.9 Å². The molecule has 138 valence electrons. The third kappa shape index (κ3) is 4.38. The molecule has 1 heterocycles. The van der Waals surface area contributed by atoms with Crippen molar-refractivity contribution in [1.82, 2.24) is 10.3 Å². The van der Waals surface area contributed by atoms with Gasteiger partial charge in [-0.1, -0.05) is 29.8 Å². The lowest BCUT2D eigenvalue weighted by molar-refractivity contribution is 0.0946. The molecule has 3 rings (SSSR count). The molecule has 0 radical (unpaired) electrons. The van der Waals surface area contributed by atoms with Crippen LogP contribution in [0.15, 0.2) is 54.7 Å². The number of amides is 1. The molecule has 3 aromatic rings. The van der Waals surface area contributed by atoms with Gasteiger partial charge in [-0.3, -0.25) is 4.79 Å². The molecule has 0 unspecified atom stereocenters. The van der Waals surface area contributed by atoms with Crippen molar-refractivity contribution in [2.24, 2.45) is 0 Å². The van der Waals surface area contributed by atoms with Crippen LogP contribution in [0.25, 0.3) is 0 Å². The van der Waals surface area contributed by atoms with Gasteiger partial charge in [-0.15, -0.1) is 0 Å². The second kappa shape index (κ2) is 8.09. The van der Waals surface area contributed by atoms with Gasteiger partial charge in [0.1, 0.15) is 5.69 Å². The zero-order valence-electron chi connectivity index (χ0n) is 13.8. The van der Waals surface area contributed by atoms with Gasteiger partial charge >= 0.3 is 0 Å². The highest BCUT2D eigenvalue weighted by molar-refractivity contribution is 6.31. The number of pyridine rings is 1. The van der Waals surface area contributed by atoms with Crippen LogP contribution >= 0.6 is 11.6 Å². The molecular formula is C19H13ClF3N3O. The fourth-order valence-corrected chi connectivity index (χ4v) is 2.49. The van der Waals surface area contributed by atoms with E-state index in [0.29, 0.717) is 10.7 Å². The number of carbonyl (C=O) groups excluding carboxylic acids is 1. The van der Waals surface area contributed by atoms with Crippen LogP contribution in [0.4, 0.5) is 24.5 Å². The van der Waals surface area contributed by atoms with E-state index < -0.39 is 23.4 Å². The maximum Gasteiger partial charge on any atom is 0.270 e. The Hall–Kier alpha value is -3.06. The first-order valence-electron chi connectivity index (χ1n) is 7.84. The number of rotatable bonds is 5. The molecule has 1 amide bonds. The number of anilines is 2. The van der Waals surface area contributed by atoms with Crippen LogP contribution in [0.2, 0.25) is 5.02 Å². The van der Waals surface area contributed by atoms with Gasteiger partial charge in [-0.25, -0.2) is 18.2 Å². The minimum Gasteiger partial charge on any atom is -0.352 e. The molecule has 0 aliphatic rings. The van der Waals surface area contributed by atoms with Gasteiger partial charge in [0.2, 0.25) is 0 Å². The Morgan fingerprint density at radius 3 is 2.48 bits per heavy atom. The zero-order chi connectivity index (χ0) is 19.4. The van der Waals surface area contributed by atoms with Gasteiger partial charge in [-0.2, -0.15) is 0 Å². The molecule has 0 saturated heterocycles. The molecule has 1 aromatic heterocycles. The Labute approximate surface area is 158 Å². The Morgan fingerprint density at radius 2 is 1.78 bits per heavy atom. The van der Waals surface area contributed by atoms with E-state index in [2.05, 4.69) is 15.6 Å². The van der Waals surface area contributed by atoms with Crippen LogP contribution in [0, 0.1) is 17.5 Å². The molecule has 2 aromatic carbocycles. The number of halogens is 4. The van der Waals surface area contributed by atoms with Crippen molar-refractivity contribution < 1.29 is 18.0 Å². The van der Waals surface area contributed by atoms with Gasteiger partial charge in [0, 0.05) is 11.6 Å². The maximum atomic E-state index is 13.7. The summed E-state index contributed by atoms with van der Waals surface area (Å²) in [6.07, 6.45) is 1.28. The lowest BCUT2D eigenvalue weighted by Crippen LogP contribution is -2.23. The lowest BCUT2D eigenvalue weighted by atomic mass is 10.2. The third-order valence-electron chi connectivity index (χ3n) is 3.71. The molecule has 27 heavy (non-hydrogen) atoms. The fraction of sp³-hybridized carbons (Fsp3) is 0.0526. The normalized spacial score (nSPS) is 10.5. The molecular weight excluding hydrogens is 379 g/mol. The second-order valence-corrected chi connectivity index (χ2v) is 5.96. The molecule has 0 fully saturated rings. The van der Waals surface area contributed by atoms with Crippen LogP contribution < -0.4 is 10.6 Å². The van der Waals surface area contributed by atoms with Crippen molar-refractivity contribution in [1.29, 1.82) is 0 Å². The van der Waals surface area contributed by atoms with Crippen LogP contribution in [-0.4, -0.2) is 10.9 Å². The summed E-state index contributed by atoms with van der Waals surface area (Å²) in [7, 11) is 0. The van der Waals surface area contributed by atoms with Crippen molar-refractivity contribution in [2.45, 2.75) is 6.54 Å². The monoisotopic (exact) mass is 391 g/mol. The summed E-state index contributed by atoms with van der Waals surface area (Å²) in [6.45, 7) is 0.236. The molecule has 0 aliphatic heterocycles. The van der Waals surface area contributed by atoms with Crippen molar-refractivity contribution in [2.75, 3.05) is 5.32 Å². The van der Waals surface area contributed by atoms with E-state index in [1.54, 1.807) is 18.2 Å². The van der Waals surface area contributed by atoms with Gasteiger partial charge in [0.25, 0.3) is 5.91 Å². The minimum absolute atomic E-state index is 0.137. The van der Waals surface area contributed by atoms with E-state index in [9.17, 15) is 18.0 Å². The third-order valence-corrected chi connectivity index (χ3v) is 4.08. The SMILES string of the molecule is O=C(NCc1ccccc1Cl)c1ccc(Nc2ccc(F)c(F)c2F)cn1. The Kier molecular flexibility index (Phi) is 5.61. The highest BCUT2D eigenvalue weighted by atomic mass is 35.5. The van der Waals surface area contributed by atoms with Crippen LogP contribution in [-0.2, 0) is 6.54 Å². The Bertz CT molecular complexity index is 980. The Morgan fingerprint density at radius 1 is 1.00 bits per heavy atom. The number of carbonyl (C=O) groups is 1. The number of hydrogen-bond donors (Lipinski definition) is 2. The summed E-state index contributed by atoms with van der Waals surface area (Å²) in [5, 5.41) is 5.81. The van der Waals surface area contributed by atoms with Crippen molar-refractivity contribution in [3.05, 3.63) is 88.5 Å². The van der Waals surface area contributed by atoms with Crippen molar-refractivity contribution in [3.63, 3.8) is 0 Å². The summed E-state index contributed by atoms with van der Waals surface area (Å²) >= 11 is 6.03. The number of hydrogen-bond acceptors (Lipinski definition) is 3. The molecule has 2 N–H and O–H groups in total. The standard InChI is InChI=1S/C19H13ClF3N3O/c20-13-4-2-1-3-11(13)9-25-19(27)16-7-5-12(10-24-16)26-15-8-6-14(21)17(22)18(15)23/h1-8,10,26H,9H2,(H,25,27). The quantitative estimate of drug-likeness (QED) is 0.613. The number of nitrogens with zero attached hydrogens (tertiary/aromatic N) is 1. The van der Waals surface area contributed by atoms with Crippen LogP contribution in [0.1, 0.15) is 16.1 Å². The topological polar surface area (TPSA) is 54.0 Å². The van der Waals surface area contributed by atoms with E-state index in [1.165, 1.54) is 18.3 Å². The molecule has 0 spiro atoms. The van der Waals surface area contributed by atoms with E-state index in [4.69, 9.17) is 11.6 Å². The van der Waals surface area contributed by atoms with Crippen LogP contribution in [0.5, 0.6) is 0 Å². The first kappa shape index (κ1) is 18.7. The predicted octanol–water partition coefficient (Wildman–Crippen LogP) is 4.83. The smallest absolute Gasteiger partial charge is 0.270 e. The Balaban J connectivity index is 1.65. The van der Waals surface area contributed by atoms with E-state index >= 15 is 0 Å². The van der Waals surface area contributed by atoms with E-state index in [-0.39, 0.29) is 17.9 Å². The van der Waals surface area contributed by atoms with E-state index in [1.807, 2.05) is 6.07 Å². The summed E-state index contributed by atoms with van der Waals surface area (Å²) in [4.78, 5) is 16.1. The summed E-state index contributed by atoms with van der Waals surface area (Å²) < 4.78 is 39.9.